The third-order valence-electron chi connectivity index (χ3n) is 6.64. The van der Waals surface area contributed by atoms with Crippen LogP contribution in [-0.4, -0.2) is 65.4 Å². The molecule has 1 atom stereocenters. The van der Waals surface area contributed by atoms with Gasteiger partial charge in [0.05, 0.1) is 16.5 Å². The fourth-order valence-corrected chi connectivity index (χ4v) is 6.09. The van der Waals surface area contributed by atoms with Crippen LogP contribution in [0.3, 0.4) is 0 Å². The van der Waals surface area contributed by atoms with Gasteiger partial charge in [0.15, 0.2) is 5.82 Å². The molecule has 2 aromatic rings. The van der Waals surface area contributed by atoms with Crippen LogP contribution in [-0.2, 0) is 22.0 Å². The molecule has 9 heteroatoms. The van der Waals surface area contributed by atoms with Gasteiger partial charge < -0.3 is 25.0 Å². The molecule has 8 nitrogen and oxygen atoms in total. The van der Waals surface area contributed by atoms with Gasteiger partial charge in [-0.05, 0) is 37.1 Å². The number of fused-ring (bicyclic) bond motifs is 1. The molecular weight excluding hydrogens is 426 g/mol. The summed E-state index contributed by atoms with van der Waals surface area (Å²) in [5, 5.41) is 0. The van der Waals surface area contributed by atoms with Crippen molar-refractivity contribution in [3.05, 3.63) is 30.0 Å². The number of nitrogens with two attached hydrogens (primary N) is 1. The minimum Gasteiger partial charge on any atom is -0.490 e. The van der Waals surface area contributed by atoms with E-state index in [-0.39, 0.29) is 6.10 Å². The van der Waals surface area contributed by atoms with Crippen molar-refractivity contribution in [3.8, 4) is 5.75 Å². The maximum Gasteiger partial charge on any atom is 0.227 e. The first kappa shape index (κ1) is 21.5. The lowest BCUT2D eigenvalue weighted by Gasteiger charge is -2.35. The largest absolute Gasteiger partial charge is 0.490 e. The van der Waals surface area contributed by atoms with Crippen molar-refractivity contribution >= 4 is 28.3 Å². The summed E-state index contributed by atoms with van der Waals surface area (Å²) in [6, 6.07) is 7.92. The SMILES string of the molecule is CN(c1nc(N2CCC(Oc3ccc(N)cc3)CC2)nc2c1S(=O)CC2)C1CCOCC1. The smallest absolute Gasteiger partial charge is 0.227 e. The van der Waals surface area contributed by atoms with Gasteiger partial charge in [-0.2, -0.15) is 4.98 Å². The van der Waals surface area contributed by atoms with E-state index in [0.717, 1.165) is 92.2 Å². The van der Waals surface area contributed by atoms with Gasteiger partial charge >= 0.3 is 0 Å². The van der Waals surface area contributed by atoms with Crippen LogP contribution in [0.4, 0.5) is 17.5 Å². The minimum atomic E-state index is -1.02. The summed E-state index contributed by atoms with van der Waals surface area (Å²) in [6.45, 7) is 3.20. The number of benzene rings is 1. The normalized spacial score (nSPS) is 22.0. The average molecular weight is 458 g/mol. The van der Waals surface area contributed by atoms with Gasteiger partial charge in [-0.1, -0.05) is 0 Å². The zero-order valence-electron chi connectivity index (χ0n) is 18.5. The molecule has 0 amide bonds. The number of hydrogen-bond donors (Lipinski definition) is 1. The van der Waals surface area contributed by atoms with Gasteiger partial charge in [0.25, 0.3) is 0 Å². The van der Waals surface area contributed by atoms with Crippen LogP contribution in [0.2, 0.25) is 0 Å². The second kappa shape index (κ2) is 9.23. The number of nitrogens with zero attached hydrogens (tertiary/aromatic N) is 4. The van der Waals surface area contributed by atoms with Crippen molar-refractivity contribution in [2.24, 2.45) is 0 Å². The first-order valence-electron chi connectivity index (χ1n) is 11.5. The summed E-state index contributed by atoms with van der Waals surface area (Å²) in [5.41, 5.74) is 7.45. The van der Waals surface area contributed by atoms with E-state index in [9.17, 15) is 4.21 Å². The fourth-order valence-electron chi connectivity index (χ4n) is 4.70. The molecule has 0 saturated carbocycles. The van der Waals surface area contributed by atoms with E-state index >= 15 is 0 Å². The highest BCUT2D eigenvalue weighted by Gasteiger charge is 2.32. The predicted molar refractivity (Wildman–Crippen MR) is 126 cm³/mol. The summed E-state index contributed by atoms with van der Waals surface area (Å²) in [6.07, 6.45) is 4.66. The number of nitrogen functional groups attached to an aromatic ring is 1. The number of anilines is 3. The van der Waals surface area contributed by atoms with Gasteiger partial charge in [-0.3, -0.25) is 4.21 Å². The Morgan fingerprint density at radius 2 is 1.84 bits per heavy atom. The van der Waals surface area contributed by atoms with Crippen LogP contribution in [0.5, 0.6) is 5.75 Å². The average Bonchev–Trinajstić information content (AvgIpc) is 3.21. The van der Waals surface area contributed by atoms with E-state index in [1.807, 2.05) is 24.3 Å². The van der Waals surface area contributed by atoms with Crippen LogP contribution in [0.25, 0.3) is 0 Å². The molecule has 3 aliphatic rings. The highest BCUT2D eigenvalue weighted by molar-refractivity contribution is 7.85. The Morgan fingerprint density at radius 1 is 1.12 bits per heavy atom. The maximum atomic E-state index is 12.7. The lowest BCUT2D eigenvalue weighted by atomic mass is 10.1. The quantitative estimate of drug-likeness (QED) is 0.684. The van der Waals surface area contributed by atoms with Gasteiger partial charge in [0, 0.05) is 70.1 Å². The maximum absolute atomic E-state index is 12.7. The van der Waals surface area contributed by atoms with Gasteiger partial charge in [0.1, 0.15) is 16.7 Å². The summed E-state index contributed by atoms with van der Waals surface area (Å²) in [4.78, 5) is 15.1. The molecule has 0 spiro atoms. The van der Waals surface area contributed by atoms with E-state index < -0.39 is 10.8 Å². The van der Waals surface area contributed by atoms with E-state index in [1.165, 1.54) is 0 Å². The molecule has 2 saturated heterocycles. The topological polar surface area (TPSA) is 93.8 Å². The molecule has 32 heavy (non-hydrogen) atoms. The zero-order valence-corrected chi connectivity index (χ0v) is 19.4. The Bertz CT molecular complexity index is 972. The Hall–Kier alpha value is -2.39. The van der Waals surface area contributed by atoms with Crippen molar-refractivity contribution < 1.29 is 13.7 Å². The van der Waals surface area contributed by atoms with E-state index in [4.69, 9.17) is 25.2 Å². The van der Waals surface area contributed by atoms with Crippen molar-refractivity contribution in [1.29, 1.82) is 0 Å². The molecule has 1 unspecified atom stereocenters. The molecular formula is C23H31N5O3S. The Balaban J connectivity index is 1.32. The number of aryl methyl sites for hydroxylation is 1. The third kappa shape index (κ3) is 4.41. The molecule has 2 N–H and O–H groups in total. The second-order valence-electron chi connectivity index (χ2n) is 8.75. The van der Waals surface area contributed by atoms with Gasteiger partial charge in [-0.15, -0.1) is 0 Å². The highest BCUT2D eigenvalue weighted by Crippen LogP contribution is 2.34. The van der Waals surface area contributed by atoms with Crippen LogP contribution in [0, 0.1) is 0 Å². The molecule has 2 fully saturated rings. The highest BCUT2D eigenvalue weighted by atomic mass is 32.2. The first-order valence-corrected chi connectivity index (χ1v) is 12.8. The minimum absolute atomic E-state index is 0.168. The first-order chi connectivity index (χ1) is 15.6. The van der Waals surface area contributed by atoms with Gasteiger partial charge in [0.2, 0.25) is 5.95 Å². The lowest BCUT2D eigenvalue weighted by Crippen LogP contribution is -2.40. The van der Waals surface area contributed by atoms with Crippen LogP contribution < -0.4 is 20.3 Å². The monoisotopic (exact) mass is 457 g/mol. The zero-order chi connectivity index (χ0) is 22.1. The molecule has 1 aromatic carbocycles. The van der Waals surface area contributed by atoms with E-state index in [1.54, 1.807) is 0 Å². The predicted octanol–water partition coefficient (Wildman–Crippen LogP) is 2.39. The summed E-state index contributed by atoms with van der Waals surface area (Å²) < 4.78 is 24.4. The standard InChI is InChI=1S/C23H31N5O3S/c1-27(17-8-13-30-14-9-17)22-21-20(10-15-32(21)29)25-23(26-22)28-11-6-19(7-12-28)31-18-4-2-16(24)3-5-18/h2-5,17,19H,6-15,24H2,1H3. The van der Waals surface area contributed by atoms with Gasteiger partial charge in [-0.25, -0.2) is 4.98 Å². The molecule has 0 aliphatic carbocycles. The Kier molecular flexibility index (Phi) is 6.19. The molecule has 0 radical (unpaired) electrons. The van der Waals surface area contributed by atoms with Crippen molar-refractivity contribution in [3.63, 3.8) is 0 Å². The molecule has 5 rings (SSSR count). The fraction of sp³-hybridized carbons (Fsp3) is 0.565. The number of hydrogen-bond acceptors (Lipinski definition) is 8. The van der Waals surface area contributed by atoms with E-state index in [2.05, 4.69) is 16.8 Å². The number of piperidine rings is 1. The number of ether oxygens (including phenoxy) is 2. The summed E-state index contributed by atoms with van der Waals surface area (Å²) in [5.74, 6) is 3.09. The van der Waals surface area contributed by atoms with Crippen molar-refractivity contribution in [1.82, 2.24) is 9.97 Å². The summed E-state index contributed by atoms with van der Waals surface area (Å²) >= 11 is 0. The molecule has 1 aromatic heterocycles. The molecule has 4 heterocycles. The third-order valence-corrected chi connectivity index (χ3v) is 8.09. The number of aromatic nitrogens is 2. The second-order valence-corrected chi connectivity index (χ2v) is 10.3. The molecule has 0 bridgehead atoms. The van der Waals surface area contributed by atoms with Crippen LogP contribution >= 0.6 is 0 Å². The molecule has 172 valence electrons. The van der Waals surface area contributed by atoms with E-state index in [0.29, 0.717) is 11.8 Å². The van der Waals surface area contributed by atoms with Crippen molar-refractivity contribution in [2.45, 2.75) is 49.1 Å². The Labute approximate surface area is 191 Å². The lowest BCUT2D eigenvalue weighted by molar-refractivity contribution is 0.0852. The molecule has 3 aliphatic heterocycles. The summed E-state index contributed by atoms with van der Waals surface area (Å²) in [7, 11) is 1.05. The Morgan fingerprint density at radius 3 is 2.56 bits per heavy atom. The number of rotatable bonds is 5. The van der Waals surface area contributed by atoms with Crippen LogP contribution in [0.1, 0.15) is 31.4 Å². The van der Waals surface area contributed by atoms with Crippen LogP contribution in [0.15, 0.2) is 29.2 Å². The van der Waals surface area contributed by atoms with Crippen molar-refractivity contribution in [2.75, 3.05) is 54.6 Å².